The van der Waals surface area contributed by atoms with Crippen LogP contribution >= 0.6 is 23.1 Å². The Kier molecular flexibility index (Phi) is 8.14. The van der Waals surface area contributed by atoms with Crippen LogP contribution < -0.4 is 14.9 Å². The molecule has 13 heteroatoms. The number of thiazole rings is 1. The van der Waals surface area contributed by atoms with Crippen LogP contribution in [-0.4, -0.2) is 62.2 Å². The summed E-state index contributed by atoms with van der Waals surface area (Å²) in [7, 11) is 0. The number of nitrogens with one attached hydrogen (secondary N) is 2. The van der Waals surface area contributed by atoms with Crippen LogP contribution in [-0.2, 0) is 19.2 Å². The van der Waals surface area contributed by atoms with Crippen LogP contribution in [0.2, 0.25) is 0 Å². The number of hydrogen-bond donors (Lipinski definition) is 4. The maximum atomic E-state index is 13.7. The van der Waals surface area contributed by atoms with E-state index < -0.39 is 5.97 Å². The maximum Gasteiger partial charge on any atom is 0.305 e. The van der Waals surface area contributed by atoms with Crippen molar-refractivity contribution in [3.05, 3.63) is 68.6 Å². The summed E-state index contributed by atoms with van der Waals surface area (Å²) in [5, 5.41) is 22.0. The molecule has 2 saturated carbocycles. The van der Waals surface area contributed by atoms with Gasteiger partial charge in [-0.05, 0) is 79.0 Å². The number of aromatic hydroxyl groups is 1. The zero-order valence-electron chi connectivity index (χ0n) is 24.7. The first kappa shape index (κ1) is 30.5. The lowest BCUT2D eigenvalue weighted by Crippen LogP contribution is -2.42. The van der Waals surface area contributed by atoms with Gasteiger partial charge in [0.05, 0.1) is 16.9 Å². The third kappa shape index (κ3) is 5.49. The van der Waals surface area contributed by atoms with Crippen molar-refractivity contribution >= 4 is 52.5 Å². The number of unbranched alkanes of at least 4 members (excludes halogenated alkanes) is 2. The molecule has 2 aromatic carbocycles. The number of anilines is 1. The number of nitrogens with zero attached hydrogens (tertiary/aromatic N) is 1. The molecular formula is C33H33N3O8S2. The van der Waals surface area contributed by atoms with Crippen LogP contribution in [0, 0.1) is 29.6 Å². The molecule has 0 radical (unpaired) electrons. The molecule has 0 spiro atoms. The molecule has 2 aliphatic carbocycles. The molecule has 2 aliphatic heterocycles. The van der Waals surface area contributed by atoms with Gasteiger partial charge in [0, 0.05) is 34.7 Å². The second kappa shape index (κ2) is 12.3. The largest absolute Gasteiger partial charge is 0.508 e. The molecule has 7 atom stereocenters. The number of imide groups is 1. The monoisotopic (exact) mass is 663 g/mol. The van der Waals surface area contributed by atoms with Crippen LogP contribution in [0.4, 0.5) is 5.69 Å². The van der Waals surface area contributed by atoms with Gasteiger partial charge >= 0.3 is 10.8 Å². The number of aromatic amines is 1. The predicted molar refractivity (Wildman–Crippen MR) is 170 cm³/mol. The van der Waals surface area contributed by atoms with E-state index in [2.05, 4.69) is 10.3 Å². The lowest BCUT2D eigenvalue weighted by atomic mass is 9.68. The Morgan fingerprint density at radius 1 is 0.957 bits per heavy atom. The average molecular weight is 664 g/mol. The Labute approximate surface area is 272 Å². The lowest BCUT2D eigenvalue weighted by Gasteiger charge is -2.43. The number of H-pyrrole nitrogens is 1. The Bertz CT molecular complexity index is 1740. The molecule has 1 saturated heterocycles. The molecule has 46 heavy (non-hydrogen) atoms. The summed E-state index contributed by atoms with van der Waals surface area (Å²) >= 11 is 2.84. The summed E-state index contributed by atoms with van der Waals surface area (Å²) in [6.45, 7) is 0.123. The maximum absolute atomic E-state index is 13.7. The zero-order valence-corrected chi connectivity index (χ0v) is 26.4. The number of aromatic nitrogens is 1. The van der Waals surface area contributed by atoms with Gasteiger partial charge in [-0.2, -0.15) is 0 Å². The summed E-state index contributed by atoms with van der Waals surface area (Å²) in [5.74, 6) is -1.50. The molecule has 3 aromatic rings. The molecule has 4 N–H and O–H groups in total. The highest BCUT2D eigenvalue weighted by Crippen LogP contribution is 2.68. The number of carbonyl (C=O) groups excluding carboxylic acids is 3. The van der Waals surface area contributed by atoms with E-state index in [1.165, 1.54) is 28.4 Å². The van der Waals surface area contributed by atoms with Gasteiger partial charge in [-0.25, -0.2) is 0 Å². The molecule has 3 amide bonds. The summed E-state index contributed by atoms with van der Waals surface area (Å²) < 4.78 is 5.73. The van der Waals surface area contributed by atoms with E-state index in [9.17, 15) is 29.1 Å². The summed E-state index contributed by atoms with van der Waals surface area (Å²) in [5.41, 5.74) is 1.53. The van der Waals surface area contributed by atoms with Crippen LogP contribution in [0.25, 0.3) is 0 Å². The Balaban J connectivity index is 1.07. The number of likely N-dealkylation sites (tertiary alicyclic amines) is 1. The number of thioether (sulfide) groups is 1. The number of carboxylic acid groups (broad SMARTS) is 1. The van der Waals surface area contributed by atoms with Crippen molar-refractivity contribution in [1.29, 1.82) is 0 Å². The molecule has 3 fully saturated rings. The van der Waals surface area contributed by atoms with Crippen molar-refractivity contribution in [3.63, 3.8) is 0 Å². The number of hydrogen-bond acceptors (Lipinski definition) is 9. The number of carbonyl (C=O) groups is 4. The second-order valence-corrected chi connectivity index (χ2v) is 14.6. The first-order chi connectivity index (χ1) is 22.2. The van der Waals surface area contributed by atoms with E-state index in [1.54, 1.807) is 36.0 Å². The van der Waals surface area contributed by atoms with E-state index in [1.807, 2.05) is 12.1 Å². The van der Waals surface area contributed by atoms with Gasteiger partial charge in [0.15, 0.2) is 6.61 Å². The molecule has 2 bridgehead atoms. The topological polar surface area (TPSA) is 166 Å². The van der Waals surface area contributed by atoms with Crippen molar-refractivity contribution < 1.29 is 34.1 Å². The van der Waals surface area contributed by atoms with E-state index in [0.717, 1.165) is 21.9 Å². The van der Waals surface area contributed by atoms with E-state index >= 15 is 0 Å². The Morgan fingerprint density at radius 3 is 2.39 bits per heavy atom. The van der Waals surface area contributed by atoms with Gasteiger partial charge in [0.2, 0.25) is 11.8 Å². The number of fused-ring (bicyclic) bond motifs is 9. The van der Waals surface area contributed by atoms with Crippen LogP contribution in [0.1, 0.15) is 48.5 Å². The van der Waals surface area contributed by atoms with Gasteiger partial charge < -0.3 is 25.3 Å². The molecule has 7 rings (SSSR count). The highest BCUT2D eigenvalue weighted by atomic mass is 32.2. The number of phenolic OH excluding ortho intramolecular Hbond substituents is 1. The van der Waals surface area contributed by atoms with Gasteiger partial charge in [-0.1, -0.05) is 29.9 Å². The van der Waals surface area contributed by atoms with Crippen molar-refractivity contribution in [1.82, 2.24) is 9.88 Å². The molecular weight excluding hydrogens is 631 g/mol. The third-order valence-electron chi connectivity index (χ3n) is 9.85. The Hall–Kier alpha value is -4.10. The van der Waals surface area contributed by atoms with Crippen molar-refractivity contribution in [2.24, 2.45) is 29.6 Å². The minimum absolute atomic E-state index is 0.0100. The fourth-order valence-electron chi connectivity index (χ4n) is 8.06. The number of amides is 3. The standard InChI is InChI=1S/C33H33N3O8S2/c37-18-9-7-17(8-10-18)34-22(38)15-44-19-11-5-16(6-12-19)24-25-20-14-21(28(25)45-30-29(24)46-33(43)35-30)27-26(20)31(41)36(32(27)42)13-3-1-2-4-23(39)40/h5-12,20-21,24-28,37H,1-4,13-15H2,(H,34,38)(H,35,43)(H,39,40)/t20?,21?,24-,25?,26?,27?,28?/m1/s1. The van der Waals surface area contributed by atoms with Crippen molar-refractivity contribution in [3.8, 4) is 11.5 Å². The van der Waals surface area contributed by atoms with E-state index in [0.29, 0.717) is 37.2 Å². The highest BCUT2D eigenvalue weighted by Gasteiger charge is 2.69. The minimum atomic E-state index is -0.847. The highest BCUT2D eigenvalue weighted by molar-refractivity contribution is 8.00. The van der Waals surface area contributed by atoms with Gasteiger partial charge in [0.1, 0.15) is 11.5 Å². The third-order valence-corrected chi connectivity index (χ3v) is 12.4. The smallest absolute Gasteiger partial charge is 0.305 e. The number of rotatable bonds is 11. The predicted octanol–water partition coefficient (Wildman–Crippen LogP) is 4.28. The molecule has 6 unspecified atom stereocenters. The number of ether oxygens (including phenoxy) is 1. The molecule has 3 heterocycles. The van der Waals surface area contributed by atoms with Gasteiger partial charge in [-0.3, -0.25) is 28.9 Å². The number of aliphatic carboxylic acids is 1. The van der Waals surface area contributed by atoms with Crippen LogP contribution in [0.5, 0.6) is 11.5 Å². The van der Waals surface area contributed by atoms with E-state index in [4.69, 9.17) is 9.84 Å². The molecule has 4 aliphatic rings. The summed E-state index contributed by atoms with van der Waals surface area (Å²) in [6.07, 6.45) is 2.63. The molecule has 240 valence electrons. The van der Waals surface area contributed by atoms with Crippen molar-refractivity contribution in [2.75, 3.05) is 18.5 Å². The first-order valence-electron chi connectivity index (χ1n) is 15.5. The van der Waals surface area contributed by atoms with Crippen LogP contribution in [0.15, 0.2) is 58.4 Å². The normalized spacial score (nSPS) is 27.3. The average Bonchev–Trinajstić information content (AvgIpc) is 3.77. The molecule has 1 aromatic heterocycles. The Morgan fingerprint density at radius 2 is 1.67 bits per heavy atom. The molecule has 11 nitrogen and oxygen atoms in total. The second-order valence-electron chi connectivity index (χ2n) is 12.4. The van der Waals surface area contributed by atoms with Gasteiger partial charge in [-0.15, -0.1) is 11.8 Å². The minimum Gasteiger partial charge on any atom is -0.508 e. The van der Waals surface area contributed by atoms with Gasteiger partial charge in [0.25, 0.3) is 5.91 Å². The SMILES string of the molecule is O=C(O)CCCCCN1C(=O)C2C3CC(C2C1=O)C1C3Sc2[nH]c(=O)sc2[C@@H]1c1ccc(OCC(=O)Nc2ccc(O)cc2)cc1. The number of phenols is 1. The van der Waals surface area contributed by atoms with Crippen LogP contribution in [0.3, 0.4) is 0 Å². The van der Waals surface area contributed by atoms with E-state index in [-0.39, 0.29) is 82.1 Å². The van der Waals surface area contributed by atoms with Crippen molar-refractivity contribution in [2.45, 2.75) is 48.3 Å². The quantitative estimate of drug-likeness (QED) is 0.133. The summed E-state index contributed by atoms with van der Waals surface area (Å²) in [4.78, 5) is 68.3. The fraction of sp³-hybridized carbons (Fsp3) is 0.424. The lowest BCUT2D eigenvalue weighted by molar-refractivity contribution is -0.141. The summed E-state index contributed by atoms with van der Waals surface area (Å²) in [6, 6.07) is 13.7. The number of benzene rings is 2. The number of carboxylic acids is 1. The fourth-order valence-corrected chi connectivity index (χ4v) is 10.9. The first-order valence-corrected chi connectivity index (χ1v) is 17.2. The zero-order chi connectivity index (χ0) is 32.1.